The van der Waals surface area contributed by atoms with Crippen molar-refractivity contribution in [1.29, 1.82) is 0 Å². The summed E-state index contributed by atoms with van der Waals surface area (Å²) in [5.41, 5.74) is 1.21. The number of aromatic nitrogens is 3. The van der Waals surface area contributed by atoms with E-state index in [2.05, 4.69) is 27.2 Å². The van der Waals surface area contributed by atoms with Crippen molar-refractivity contribution in [1.82, 2.24) is 15.0 Å². The molecule has 2 heterocycles. The van der Waals surface area contributed by atoms with Crippen LogP contribution in [0.25, 0.3) is 11.2 Å². The number of rotatable bonds is 3. The van der Waals surface area contributed by atoms with Crippen LogP contribution in [0.1, 0.15) is 13.3 Å². The van der Waals surface area contributed by atoms with Crippen LogP contribution < -0.4 is 5.32 Å². The molecule has 1 N–H and O–H groups in total. The molecule has 13 heavy (non-hydrogen) atoms. The predicted molar refractivity (Wildman–Crippen MR) is 48.4 cm³/mol. The first-order valence-corrected chi connectivity index (χ1v) is 4.20. The fourth-order valence-corrected chi connectivity index (χ4v) is 1.07. The second kappa shape index (κ2) is 3.38. The Morgan fingerprint density at radius 3 is 3.15 bits per heavy atom. The maximum absolute atomic E-state index is 5.04. The van der Waals surface area contributed by atoms with E-state index in [1.807, 2.05) is 0 Å². The van der Waals surface area contributed by atoms with Gasteiger partial charge in [0.15, 0.2) is 17.7 Å². The van der Waals surface area contributed by atoms with E-state index < -0.39 is 0 Å². The van der Waals surface area contributed by atoms with E-state index in [-0.39, 0.29) is 0 Å². The summed E-state index contributed by atoms with van der Waals surface area (Å²) in [6.45, 7) is 2.97. The van der Waals surface area contributed by atoms with Crippen LogP contribution in [0.4, 0.5) is 5.82 Å². The fourth-order valence-electron chi connectivity index (χ4n) is 1.07. The van der Waals surface area contributed by atoms with Gasteiger partial charge in [0.05, 0.1) is 0 Å². The smallest absolute Gasteiger partial charge is 0.251 e. The Hall–Kier alpha value is -1.65. The third-order valence-electron chi connectivity index (χ3n) is 1.68. The van der Waals surface area contributed by atoms with Crippen LogP contribution in [-0.2, 0) is 0 Å². The first-order valence-electron chi connectivity index (χ1n) is 4.20. The number of fused-ring (bicyclic) bond motifs is 1. The molecule has 0 spiro atoms. The van der Waals surface area contributed by atoms with Crippen LogP contribution in [0.15, 0.2) is 17.1 Å². The highest BCUT2D eigenvalue weighted by molar-refractivity contribution is 5.80. The molecule has 2 aromatic rings. The number of anilines is 1. The van der Waals surface area contributed by atoms with E-state index in [4.69, 9.17) is 4.42 Å². The van der Waals surface area contributed by atoms with Crippen LogP contribution in [0.3, 0.4) is 0 Å². The average Bonchev–Trinajstić information content (AvgIpc) is 2.62. The topological polar surface area (TPSA) is 63.8 Å². The maximum Gasteiger partial charge on any atom is 0.251 e. The lowest BCUT2D eigenvalue weighted by molar-refractivity contribution is 0.590. The molecule has 2 rings (SSSR count). The molecule has 0 unspecified atom stereocenters. The Balaban J connectivity index is 2.37. The lowest BCUT2D eigenvalue weighted by atomic mass is 10.4. The Morgan fingerprint density at radius 2 is 2.31 bits per heavy atom. The van der Waals surface area contributed by atoms with Crippen molar-refractivity contribution < 1.29 is 4.42 Å². The maximum atomic E-state index is 5.04. The zero-order chi connectivity index (χ0) is 9.10. The van der Waals surface area contributed by atoms with E-state index in [9.17, 15) is 0 Å². The monoisotopic (exact) mass is 178 g/mol. The van der Waals surface area contributed by atoms with Gasteiger partial charge in [-0.05, 0) is 6.42 Å². The minimum Gasteiger partial charge on any atom is -0.425 e. The third-order valence-corrected chi connectivity index (χ3v) is 1.68. The van der Waals surface area contributed by atoms with Gasteiger partial charge in [-0.15, -0.1) is 0 Å². The number of nitrogens with zero attached hydrogens (tertiary/aromatic N) is 3. The molecule has 0 aliphatic rings. The molecule has 5 nitrogen and oxygen atoms in total. The molecule has 0 aliphatic heterocycles. The standard InChI is InChI=1S/C8H10N4O/c1-2-3-9-7-6-8(11-4-10-7)13-5-12-6/h4-5H,2-3H2,1H3,(H,9,10,11). The zero-order valence-electron chi connectivity index (χ0n) is 7.32. The molecule has 0 bridgehead atoms. The Bertz CT molecular complexity index is 398. The molecular weight excluding hydrogens is 168 g/mol. The van der Waals surface area contributed by atoms with Gasteiger partial charge in [0, 0.05) is 6.54 Å². The largest absolute Gasteiger partial charge is 0.425 e. The van der Waals surface area contributed by atoms with Crippen LogP contribution in [0.2, 0.25) is 0 Å². The molecule has 0 aromatic carbocycles. The second-order valence-corrected chi connectivity index (χ2v) is 2.66. The number of nitrogens with one attached hydrogen (secondary N) is 1. The molecule has 0 saturated heterocycles. The number of hydrogen-bond donors (Lipinski definition) is 1. The molecule has 0 amide bonds. The van der Waals surface area contributed by atoms with Crippen molar-refractivity contribution in [3.63, 3.8) is 0 Å². The third kappa shape index (κ3) is 1.44. The predicted octanol–water partition coefficient (Wildman–Crippen LogP) is 1.44. The van der Waals surface area contributed by atoms with Gasteiger partial charge < -0.3 is 9.73 Å². The molecule has 0 fully saturated rings. The van der Waals surface area contributed by atoms with Crippen molar-refractivity contribution in [2.24, 2.45) is 0 Å². The molecule has 0 radical (unpaired) electrons. The highest BCUT2D eigenvalue weighted by atomic mass is 16.3. The van der Waals surface area contributed by atoms with E-state index >= 15 is 0 Å². The molecule has 0 atom stereocenters. The molecule has 5 heteroatoms. The zero-order valence-corrected chi connectivity index (χ0v) is 7.32. The van der Waals surface area contributed by atoms with E-state index in [1.165, 1.54) is 12.7 Å². The summed E-state index contributed by atoms with van der Waals surface area (Å²) in [5.74, 6) is 0.737. The summed E-state index contributed by atoms with van der Waals surface area (Å²) in [6.07, 6.45) is 3.88. The summed E-state index contributed by atoms with van der Waals surface area (Å²) in [7, 11) is 0. The van der Waals surface area contributed by atoms with Crippen molar-refractivity contribution in [2.45, 2.75) is 13.3 Å². The Kier molecular flexibility index (Phi) is 2.08. The molecule has 0 aliphatic carbocycles. The van der Waals surface area contributed by atoms with Crippen LogP contribution in [-0.4, -0.2) is 21.5 Å². The minimum absolute atomic E-state index is 0.522. The van der Waals surface area contributed by atoms with Gasteiger partial charge in [-0.1, -0.05) is 6.92 Å². The molecule has 68 valence electrons. The van der Waals surface area contributed by atoms with Gasteiger partial charge in [-0.25, -0.2) is 9.97 Å². The van der Waals surface area contributed by atoms with E-state index in [1.54, 1.807) is 0 Å². The van der Waals surface area contributed by atoms with Gasteiger partial charge in [-0.3, -0.25) is 0 Å². The van der Waals surface area contributed by atoms with Crippen LogP contribution in [0, 0.1) is 0 Å². The highest BCUT2D eigenvalue weighted by Gasteiger charge is 2.05. The van der Waals surface area contributed by atoms with Crippen molar-refractivity contribution in [2.75, 3.05) is 11.9 Å². The Morgan fingerprint density at radius 1 is 1.38 bits per heavy atom. The SMILES string of the molecule is CCCNc1ncnc2ocnc12. The van der Waals surface area contributed by atoms with Crippen LogP contribution >= 0.6 is 0 Å². The first-order chi connectivity index (χ1) is 6.42. The first kappa shape index (κ1) is 7.97. The Labute approximate surface area is 75.2 Å². The van der Waals surface area contributed by atoms with Gasteiger partial charge in [0.25, 0.3) is 5.71 Å². The van der Waals surface area contributed by atoms with Gasteiger partial charge in [-0.2, -0.15) is 4.98 Å². The summed E-state index contributed by atoms with van der Waals surface area (Å²) in [4.78, 5) is 12.0. The molecule has 0 saturated carbocycles. The quantitative estimate of drug-likeness (QED) is 0.770. The fraction of sp³-hybridized carbons (Fsp3) is 0.375. The highest BCUT2D eigenvalue weighted by Crippen LogP contribution is 2.15. The molecule has 2 aromatic heterocycles. The minimum atomic E-state index is 0.522. The lowest BCUT2D eigenvalue weighted by Gasteiger charge is -2.01. The van der Waals surface area contributed by atoms with Gasteiger partial charge >= 0.3 is 0 Å². The van der Waals surface area contributed by atoms with E-state index in [0.29, 0.717) is 11.2 Å². The van der Waals surface area contributed by atoms with E-state index in [0.717, 1.165) is 18.8 Å². The number of hydrogen-bond acceptors (Lipinski definition) is 5. The van der Waals surface area contributed by atoms with Crippen LogP contribution in [0.5, 0.6) is 0 Å². The summed E-state index contributed by atoms with van der Waals surface area (Å²) in [6, 6.07) is 0. The lowest BCUT2D eigenvalue weighted by Crippen LogP contribution is -2.02. The normalized spacial score (nSPS) is 10.5. The van der Waals surface area contributed by atoms with Gasteiger partial charge in [0.1, 0.15) is 6.33 Å². The van der Waals surface area contributed by atoms with Crippen molar-refractivity contribution >= 4 is 17.0 Å². The summed E-state index contributed by atoms with van der Waals surface area (Å²) < 4.78 is 5.04. The van der Waals surface area contributed by atoms with Crippen molar-refractivity contribution in [3.05, 3.63) is 12.7 Å². The number of oxazole rings is 1. The average molecular weight is 178 g/mol. The summed E-state index contributed by atoms with van der Waals surface area (Å²) >= 11 is 0. The summed E-state index contributed by atoms with van der Waals surface area (Å²) in [5, 5.41) is 3.15. The second-order valence-electron chi connectivity index (χ2n) is 2.66. The molecular formula is C8H10N4O. The van der Waals surface area contributed by atoms with Gasteiger partial charge in [0.2, 0.25) is 0 Å². The van der Waals surface area contributed by atoms with Crippen molar-refractivity contribution in [3.8, 4) is 0 Å².